The maximum atomic E-state index is 12.4. The molecule has 1 saturated carbocycles. The molecule has 1 aromatic heterocycles. The first-order chi connectivity index (χ1) is 15.2. The van der Waals surface area contributed by atoms with Crippen LogP contribution in [0.3, 0.4) is 0 Å². The highest BCUT2D eigenvalue weighted by Gasteiger charge is 2.41. The second kappa shape index (κ2) is 9.46. The number of rotatable bonds is 8. The summed E-state index contributed by atoms with van der Waals surface area (Å²) < 4.78 is 0. The van der Waals surface area contributed by atoms with Crippen LogP contribution in [0, 0.1) is 18.3 Å². The van der Waals surface area contributed by atoms with Crippen LogP contribution in [0.1, 0.15) is 94.3 Å². The van der Waals surface area contributed by atoms with E-state index in [0.717, 1.165) is 25.3 Å². The molecule has 5 rings (SSSR count). The van der Waals surface area contributed by atoms with Crippen molar-refractivity contribution >= 4 is 11.9 Å². The number of piperidine rings is 3. The molecule has 7 nitrogen and oxygen atoms in total. The van der Waals surface area contributed by atoms with E-state index in [1.807, 2.05) is 20.8 Å². The van der Waals surface area contributed by atoms with Crippen LogP contribution in [0.15, 0.2) is 6.07 Å². The molecule has 2 N–H and O–H groups in total. The van der Waals surface area contributed by atoms with Gasteiger partial charge in [0, 0.05) is 48.8 Å². The van der Waals surface area contributed by atoms with Gasteiger partial charge in [0.25, 0.3) is 0 Å². The summed E-state index contributed by atoms with van der Waals surface area (Å²) in [6.45, 7) is 8.40. The highest BCUT2D eigenvalue weighted by molar-refractivity contribution is 5.77. The number of fused-ring (bicyclic) bond motifs is 3. The highest BCUT2D eigenvalue weighted by atomic mass is 16.4. The van der Waals surface area contributed by atoms with Gasteiger partial charge in [0.2, 0.25) is 5.91 Å². The topological polar surface area (TPSA) is 95.4 Å². The van der Waals surface area contributed by atoms with Gasteiger partial charge < -0.3 is 10.4 Å². The molecular weight excluding hydrogens is 404 g/mol. The van der Waals surface area contributed by atoms with E-state index in [2.05, 4.69) is 16.3 Å². The molecule has 0 spiro atoms. The number of aryl methyl sites for hydroxylation is 1. The first-order valence-corrected chi connectivity index (χ1v) is 12.3. The molecule has 3 aliphatic heterocycles. The van der Waals surface area contributed by atoms with E-state index < -0.39 is 11.4 Å². The summed E-state index contributed by atoms with van der Waals surface area (Å²) in [5.74, 6) is 1.63. The van der Waals surface area contributed by atoms with Crippen molar-refractivity contribution in [2.75, 3.05) is 19.6 Å². The van der Waals surface area contributed by atoms with E-state index >= 15 is 0 Å². The van der Waals surface area contributed by atoms with Crippen LogP contribution in [0.4, 0.5) is 0 Å². The number of carbonyl (C=O) groups excluding carboxylic acids is 1. The molecule has 4 aliphatic rings. The Morgan fingerprint density at radius 1 is 1.16 bits per heavy atom. The van der Waals surface area contributed by atoms with Crippen molar-refractivity contribution in [1.29, 1.82) is 0 Å². The van der Waals surface area contributed by atoms with E-state index in [9.17, 15) is 9.59 Å². The molecule has 1 aromatic rings. The number of carboxylic acid groups (broad SMARTS) is 1. The summed E-state index contributed by atoms with van der Waals surface area (Å²) in [6, 6.07) is 2.64. The summed E-state index contributed by atoms with van der Waals surface area (Å²) in [4.78, 5) is 35.6. The molecule has 1 amide bonds. The van der Waals surface area contributed by atoms with Gasteiger partial charge in [0.05, 0.1) is 6.42 Å². The molecule has 32 heavy (non-hydrogen) atoms. The monoisotopic (exact) mass is 442 g/mol. The fraction of sp³-hybridized carbons (Fsp3) is 0.760. The number of nitrogens with one attached hydrogen (secondary N) is 1. The van der Waals surface area contributed by atoms with Crippen molar-refractivity contribution in [3.05, 3.63) is 23.3 Å². The van der Waals surface area contributed by atoms with Crippen molar-refractivity contribution in [3.63, 3.8) is 0 Å². The van der Waals surface area contributed by atoms with Gasteiger partial charge in [0.15, 0.2) is 0 Å². The lowest BCUT2D eigenvalue weighted by Crippen LogP contribution is -2.56. The van der Waals surface area contributed by atoms with Crippen molar-refractivity contribution in [3.8, 4) is 0 Å². The molecule has 1 aliphatic carbocycles. The predicted molar refractivity (Wildman–Crippen MR) is 122 cm³/mol. The molecule has 4 atom stereocenters. The van der Waals surface area contributed by atoms with Crippen LogP contribution >= 0.6 is 0 Å². The number of aromatic nitrogens is 2. The van der Waals surface area contributed by atoms with Gasteiger partial charge in [-0.3, -0.25) is 14.5 Å². The molecule has 1 unspecified atom stereocenters. The van der Waals surface area contributed by atoms with E-state index in [-0.39, 0.29) is 18.7 Å². The minimum absolute atomic E-state index is 0.000915. The van der Waals surface area contributed by atoms with Gasteiger partial charge in [-0.1, -0.05) is 26.7 Å². The lowest BCUT2D eigenvalue weighted by molar-refractivity contribution is -0.139. The smallest absolute Gasteiger partial charge is 0.303 e. The number of hydrogen-bond donors (Lipinski definition) is 2. The van der Waals surface area contributed by atoms with Crippen LogP contribution in [0.25, 0.3) is 0 Å². The lowest BCUT2D eigenvalue weighted by atomic mass is 9.74. The molecule has 4 fully saturated rings. The minimum Gasteiger partial charge on any atom is -0.481 e. The van der Waals surface area contributed by atoms with Crippen molar-refractivity contribution < 1.29 is 14.7 Å². The van der Waals surface area contributed by atoms with Gasteiger partial charge in [-0.05, 0) is 56.6 Å². The summed E-state index contributed by atoms with van der Waals surface area (Å²) >= 11 is 0. The van der Waals surface area contributed by atoms with Crippen LogP contribution in [0.5, 0.6) is 0 Å². The lowest BCUT2D eigenvalue weighted by Gasteiger charge is -2.49. The molecule has 0 radical (unpaired) electrons. The van der Waals surface area contributed by atoms with Crippen LogP contribution < -0.4 is 5.32 Å². The van der Waals surface area contributed by atoms with Gasteiger partial charge >= 0.3 is 5.97 Å². The Balaban J connectivity index is 1.35. The Bertz CT molecular complexity index is 850. The average molecular weight is 443 g/mol. The van der Waals surface area contributed by atoms with Crippen LogP contribution in [-0.2, 0) is 9.59 Å². The Morgan fingerprint density at radius 3 is 2.53 bits per heavy atom. The minimum atomic E-state index is -0.861. The Labute approximate surface area is 191 Å². The first-order valence-electron chi connectivity index (χ1n) is 12.3. The van der Waals surface area contributed by atoms with Gasteiger partial charge in [0.1, 0.15) is 5.82 Å². The van der Waals surface area contributed by atoms with E-state index in [4.69, 9.17) is 15.1 Å². The quantitative estimate of drug-likeness (QED) is 0.638. The van der Waals surface area contributed by atoms with Crippen molar-refractivity contribution in [2.24, 2.45) is 11.3 Å². The highest BCUT2D eigenvalue weighted by Crippen LogP contribution is 2.42. The van der Waals surface area contributed by atoms with Crippen molar-refractivity contribution in [2.45, 2.75) is 90.0 Å². The molecule has 176 valence electrons. The van der Waals surface area contributed by atoms with Gasteiger partial charge in [-0.25, -0.2) is 9.97 Å². The normalized spacial score (nSPS) is 28.1. The molecular formula is C25H38N4O3. The van der Waals surface area contributed by atoms with E-state index in [0.29, 0.717) is 30.3 Å². The second-order valence-corrected chi connectivity index (χ2v) is 11.0. The zero-order valence-corrected chi connectivity index (χ0v) is 19.8. The second-order valence-electron chi connectivity index (χ2n) is 11.0. The number of carboxylic acids is 1. The summed E-state index contributed by atoms with van der Waals surface area (Å²) in [5.41, 5.74) is 1.93. The maximum Gasteiger partial charge on any atom is 0.303 e. The largest absolute Gasteiger partial charge is 0.481 e. The number of nitrogens with zero attached hydrogens (tertiary/aromatic N) is 3. The van der Waals surface area contributed by atoms with E-state index in [1.165, 1.54) is 43.5 Å². The molecule has 2 bridgehead atoms. The molecule has 7 heteroatoms. The van der Waals surface area contributed by atoms with E-state index in [1.54, 1.807) is 0 Å². The number of amides is 1. The first kappa shape index (κ1) is 23.1. The SMILES string of the molecule is Cc1nc(C2CCCC2)cc([C@@H]2CN3CC[C@H]2C[C@@H]3CNC(=O)CC(C)(C)CC(=O)O)n1. The third-order valence-corrected chi connectivity index (χ3v) is 7.71. The molecule has 4 heterocycles. The average Bonchev–Trinajstić information content (AvgIpc) is 3.26. The third kappa shape index (κ3) is 5.48. The fourth-order valence-corrected chi connectivity index (χ4v) is 6.12. The molecule has 3 saturated heterocycles. The van der Waals surface area contributed by atoms with Crippen LogP contribution in [-0.4, -0.2) is 57.5 Å². The van der Waals surface area contributed by atoms with Crippen LogP contribution in [0.2, 0.25) is 0 Å². The van der Waals surface area contributed by atoms with Crippen molar-refractivity contribution in [1.82, 2.24) is 20.2 Å². The summed E-state index contributed by atoms with van der Waals surface area (Å²) in [7, 11) is 0. The summed E-state index contributed by atoms with van der Waals surface area (Å²) in [6.07, 6.45) is 7.62. The Morgan fingerprint density at radius 2 is 1.88 bits per heavy atom. The van der Waals surface area contributed by atoms with Gasteiger partial charge in [-0.2, -0.15) is 0 Å². The van der Waals surface area contributed by atoms with Gasteiger partial charge in [-0.15, -0.1) is 0 Å². The zero-order valence-electron chi connectivity index (χ0n) is 19.8. The predicted octanol–water partition coefficient (Wildman–Crippen LogP) is 3.63. The fourth-order valence-electron chi connectivity index (χ4n) is 6.12. The maximum absolute atomic E-state index is 12.4. The summed E-state index contributed by atoms with van der Waals surface area (Å²) in [5, 5.41) is 12.1. The third-order valence-electron chi connectivity index (χ3n) is 7.71. The number of carbonyl (C=O) groups is 2. The number of aliphatic carboxylic acids is 1. The standard InChI is InChI=1S/C25H38N4O3/c1-16-27-21(17-6-4-5-7-17)11-22(28-16)20-15-29-9-8-18(20)10-19(29)14-26-23(30)12-25(2,3)13-24(31)32/h11,17-20H,4-10,12-15H2,1-3H3,(H,26,30)(H,31,32)/t18-,19+,20+/m0/s1. The Kier molecular flexibility index (Phi) is 6.84. The zero-order chi connectivity index (χ0) is 22.9. The molecule has 0 aromatic carbocycles. The Hall–Kier alpha value is -2.02. The number of hydrogen-bond acceptors (Lipinski definition) is 5.